The first-order valence-corrected chi connectivity index (χ1v) is 7.08. The van der Waals surface area contributed by atoms with Gasteiger partial charge in [-0.3, -0.25) is 4.79 Å². The summed E-state index contributed by atoms with van der Waals surface area (Å²) >= 11 is 0. The molecule has 3 heterocycles. The van der Waals surface area contributed by atoms with Gasteiger partial charge in [-0.1, -0.05) is 0 Å². The Bertz CT molecular complexity index is 595. The van der Waals surface area contributed by atoms with Crippen LogP contribution in [-0.2, 0) is 9.47 Å². The van der Waals surface area contributed by atoms with Crippen molar-refractivity contribution in [1.82, 2.24) is 4.90 Å². The Morgan fingerprint density at radius 2 is 2.38 bits per heavy atom. The number of amides is 1. The molecule has 1 aromatic rings. The number of ether oxygens (including phenoxy) is 2. The minimum Gasteiger partial charge on any atom is -0.450 e. The number of furan rings is 1. The fraction of sp³-hybridized carbons (Fsp3) is 0.600. The molecule has 2 saturated heterocycles. The number of morpholine rings is 1. The number of nitrogens with zero attached hydrogens (tertiary/aromatic N) is 2. The molecule has 6 nitrogen and oxygen atoms in total. The molecule has 21 heavy (non-hydrogen) atoms. The standard InChI is InChI=1S/C15H18N2O4/c1-10-7-17(8-15(21-10)3-4-19-9-15)14(18)13-5-12(6-16)20-11(13)2/h5,10H,3-4,7-9H2,1-2H3/t10-,15+/m1/s1. The van der Waals surface area contributed by atoms with E-state index in [0.717, 1.165) is 6.42 Å². The smallest absolute Gasteiger partial charge is 0.257 e. The van der Waals surface area contributed by atoms with Gasteiger partial charge in [-0.25, -0.2) is 0 Å². The molecule has 6 heteroatoms. The highest BCUT2D eigenvalue weighted by molar-refractivity contribution is 5.95. The van der Waals surface area contributed by atoms with Crippen molar-refractivity contribution in [3.63, 3.8) is 0 Å². The van der Waals surface area contributed by atoms with Gasteiger partial charge in [-0.2, -0.15) is 5.26 Å². The topological polar surface area (TPSA) is 75.7 Å². The number of carbonyl (C=O) groups excluding carboxylic acids is 1. The lowest BCUT2D eigenvalue weighted by Gasteiger charge is -2.42. The second-order valence-electron chi connectivity index (χ2n) is 5.79. The summed E-state index contributed by atoms with van der Waals surface area (Å²) < 4.78 is 16.7. The zero-order valence-corrected chi connectivity index (χ0v) is 12.2. The molecule has 2 atom stereocenters. The minimum atomic E-state index is -0.386. The second-order valence-corrected chi connectivity index (χ2v) is 5.79. The van der Waals surface area contributed by atoms with Gasteiger partial charge in [-0.15, -0.1) is 0 Å². The lowest BCUT2D eigenvalue weighted by molar-refractivity contribution is -0.138. The zero-order chi connectivity index (χ0) is 15.0. The van der Waals surface area contributed by atoms with Crippen LogP contribution in [0.1, 0.15) is 35.2 Å². The van der Waals surface area contributed by atoms with Crippen molar-refractivity contribution in [2.45, 2.75) is 32.0 Å². The Morgan fingerprint density at radius 1 is 1.57 bits per heavy atom. The van der Waals surface area contributed by atoms with Crippen LogP contribution >= 0.6 is 0 Å². The predicted octanol–water partition coefficient (Wildman–Crippen LogP) is 1.48. The van der Waals surface area contributed by atoms with Crippen LogP contribution in [-0.4, -0.2) is 48.8 Å². The van der Waals surface area contributed by atoms with Crippen LogP contribution in [0.4, 0.5) is 0 Å². The van der Waals surface area contributed by atoms with Crippen molar-refractivity contribution in [3.8, 4) is 6.07 Å². The second kappa shape index (κ2) is 5.17. The van der Waals surface area contributed by atoms with Gasteiger partial charge < -0.3 is 18.8 Å². The Kier molecular flexibility index (Phi) is 3.47. The van der Waals surface area contributed by atoms with E-state index in [1.807, 2.05) is 13.0 Å². The van der Waals surface area contributed by atoms with Crippen LogP contribution in [0.25, 0.3) is 0 Å². The van der Waals surface area contributed by atoms with Crippen LogP contribution in [0.2, 0.25) is 0 Å². The van der Waals surface area contributed by atoms with Crippen LogP contribution in [0.15, 0.2) is 10.5 Å². The SMILES string of the molecule is Cc1oc(C#N)cc1C(=O)N1C[C@@H](C)O[C@@]2(CCOC2)C1. The molecular formula is C15H18N2O4. The van der Waals surface area contributed by atoms with Crippen LogP contribution in [0.5, 0.6) is 0 Å². The van der Waals surface area contributed by atoms with Crippen molar-refractivity contribution in [3.05, 3.63) is 23.2 Å². The normalized spacial score (nSPS) is 28.8. The van der Waals surface area contributed by atoms with E-state index < -0.39 is 0 Å². The molecule has 0 saturated carbocycles. The van der Waals surface area contributed by atoms with Crippen LogP contribution < -0.4 is 0 Å². The summed E-state index contributed by atoms with van der Waals surface area (Å²) in [6.45, 7) is 5.90. The van der Waals surface area contributed by atoms with Gasteiger partial charge in [0.25, 0.3) is 5.91 Å². The lowest BCUT2D eigenvalue weighted by Crippen LogP contribution is -2.57. The number of hydrogen-bond acceptors (Lipinski definition) is 5. The fourth-order valence-corrected chi connectivity index (χ4v) is 3.10. The fourth-order valence-electron chi connectivity index (χ4n) is 3.10. The monoisotopic (exact) mass is 290 g/mol. The van der Waals surface area contributed by atoms with Crippen molar-refractivity contribution in [2.24, 2.45) is 0 Å². The van der Waals surface area contributed by atoms with E-state index in [1.54, 1.807) is 11.8 Å². The lowest BCUT2D eigenvalue weighted by atomic mass is 9.98. The van der Waals surface area contributed by atoms with Crippen molar-refractivity contribution < 1.29 is 18.7 Å². The molecule has 1 amide bonds. The van der Waals surface area contributed by atoms with Gasteiger partial charge in [0.2, 0.25) is 5.76 Å². The van der Waals surface area contributed by atoms with Gasteiger partial charge in [-0.05, 0) is 13.8 Å². The molecule has 0 radical (unpaired) electrons. The summed E-state index contributed by atoms with van der Waals surface area (Å²) in [4.78, 5) is 14.5. The van der Waals surface area contributed by atoms with Gasteiger partial charge in [0, 0.05) is 25.6 Å². The summed E-state index contributed by atoms with van der Waals surface area (Å²) in [5.74, 6) is 0.530. The number of nitriles is 1. The third kappa shape index (κ3) is 2.55. The van der Waals surface area contributed by atoms with Crippen LogP contribution in [0, 0.1) is 18.3 Å². The third-order valence-corrected chi connectivity index (χ3v) is 4.02. The Morgan fingerprint density at radius 3 is 3.00 bits per heavy atom. The van der Waals surface area contributed by atoms with Crippen molar-refractivity contribution in [1.29, 1.82) is 5.26 Å². The largest absolute Gasteiger partial charge is 0.450 e. The van der Waals surface area contributed by atoms with Crippen molar-refractivity contribution in [2.75, 3.05) is 26.3 Å². The van der Waals surface area contributed by atoms with Crippen LogP contribution in [0.3, 0.4) is 0 Å². The molecule has 0 aromatic carbocycles. The number of rotatable bonds is 1. The summed E-state index contributed by atoms with van der Waals surface area (Å²) in [6.07, 6.45) is 0.765. The summed E-state index contributed by atoms with van der Waals surface area (Å²) in [5.41, 5.74) is 0.0676. The van der Waals surface area contributed by atoms with E-state index in [2.05, 4.69) is 0 Å². The number of aryl methyl sites for hydroxylation is 1. The van der Waals surface area contributed by atoms with Gasteiger partial charge >= 0.3 is 0 Å². The minimum absolute atomic E-state index is 0.0351. The van der Waals surface area contributed by atoms with E-state index >= 15 is 0 Å². The average molecular weight is 290 g/mol. The maximum Gasteiger partial charge on any atom is 0.257 e. The summed E-state index contributed by atoms with van der Waals surface area (Å²) in [6, 6.07) is 3.43. The molecule has 0 N–H and O–H groups in total. The first-order chi connectivity index (χ1) is 10.0. The Balaban J connectivity index is 1.83. The molecule has 0 bridgehead atoms. The Hall–Kier alpha value is -1.84. The summed E-state index contributed by atoms with van der Waals surface area (Å²) in [7, 11) is 0. The third-order valence-electron chi connectivity index (χ3n) is 4.02. The Labute approximate surface area is 123 Å². The predicted molar refractivity (Wildman–Crippen MR) is 72.8 cm³/mol. The first-order valence-electron chi connectivity index (χ1n) is 7.08. The molecular weight excluding hydrogens is 272 g/mol. The molecule has 2 fully saturated rings. The molecule has 2 aliphatic heterocycles. The van der Waals surface area contributed by atoms with Gasteiger partial charge in [0.1, 0.15) is 17.4 Å². The maximum absolute atomic E-state index is 12.7. The molecule has 1 spiro atoms. The molecule has 2 aliphatic rings. The first kappa shape index (κ1) is 14.1. The maximum atomic E-state index is 12.7. The van der Waals surface area contributed by atoms with E-state index in [4.69, 9.17) is 19.2 Å². The molecule has 112 valence electrons. The zero-order valence-electron chi connectivity index (χ0n) is 12.2. The number of hydrogen-bond donors (Lipinski definition) is 0. The molecule has 3 rings (SSSR count). The van der Waals surface area contributed by atoms with E-state index in [-0.39, 0.29) is 23.4 Å². The summed E-state index contributed by atoms with van der Waals surface area (Å²) in [5, 5.41) is 8.87. The quantitative estimate of drug-likeness (QED) is 0.783. The molecule has 1 aromatic heterocycles. The number of carbonyl (C=O) groups is 1. The molecule has 0 aliphatic carbocycles. The van der Waals surface area contributed by atoms with Gasteiger partial charge in [0.15, 0.2) is 0 Å². The average Bonchev–Trinajstić information content (AvgIpc) is 3.04. The van der Waals surface area contributed by atoms with Crippen molar-refractivity contribution >= 4 is 5.91 Å². The van der Waals surface area contributed by atoms with E-state index in [9.17, 15) is 4.79 Å². The van der Waals surface area contributed by atoms with Gasteiger partial charge in [0.05, 0.1) is 24.8 Å². The van der Waals surface area contributed by atoms with E-state index in [0.29, 0.717) is 37.6 Å². The molecule has 0 unspecified atom stereocenters. The highest BCUT2D eigenvalue weighted by atomic mass is 16.6. The van der Waals surface area contributed by atoms with E-state index in [1.165, 1.54) is 6.07 Å². The highest BCUT2D eigenvalue weighted by Crippen LogP contribution is 2.31. The highest BCUT2D eigenvalue weighted by Gasteiger charge is 2.44.